The number of carboxylic acids is 1. The number of nitrogens with zero attached hydrogens (tertiary/aromatic N) is 3. The SMILES string of the molecule is CC/C=C/c1nc(/C=C/CC)n(Cc2ccc(-c3cccc(C(=O)O)c3)cc2)n1. The summed E-state index contributed by atoms with van der Waals surface area (Å²) in [5.41, 5.74) is 3.25. The van der Waals surface area contributed by atoms with Crippen LogP contribution >= 0.6 is 0 Å². The molecule has 5 heteroatoms. The van der Waals surface area contributed by atoms with Crippen LogP contribution in [0.4, 0.5) is 0 Å². The highest BCUT2D eigenvalue weighted by molar-refractivity contribution is 5.89. The van der Waals surface area contributed by atoms with Crippen molar-refractivity contribution in [2.45, 2.75) is 33.2 Å². The van der Waals surface area contributed by atoms with E-state index < -0.39 is 5.97 Å². The molecule has 0 fully saturated rings. The van der Waals surface area contributed by atoms with Gasteiger partial charge in [-0.25, -0.2) is 14.5 Å². The van der Waals surface area contributed by atoms with Crippen LogP contribution in [0.3, 0.4) is 0 Å². The number of aromatic carboxylic acids is 1. The Morgan fingerprint density at radius 3 is 2.41 bits per heavy atom. The van der Waals surface area contributed by atoms with Gasteiger partial charge in [-0.1, -0.05) is 62.4 Å². The lowest BCUT2D eigenvalue weighted by atomic mass is 10.0. The van der Waals surface area contributed by atoms with Crippen LogP contribution in [0.2, 0.25) is 0 Å². The van der Waals surface area contributed by atoms with Gasteiger partial charge in [0, 0.05) is 0 Å². The standard InChI is InChI=1S/C24H25N3O2/c1-3-5-10-22-25-23(11-6-4-2)27(26-22)17-18-12-14-19(15-13-18)20-8-7-9-21(16-20)24(28)29/h5-16H,3-4,17H2,1-2H3,(H,28,29)/b10-5+,11-6+. The molecule has 0 spiro atoms. The second-order valence-electron chi connectivity index (χ2n) is 6.69. The molecule has 0 radical (unpaired) electrons. The molecule has 0 saturated carbocycles. The number of rotatable bonds is 8. The van der Waals surface area contributed by atoms with Crippen molar-refractivity contribution in [3.63, 3.8) is 0 Å². The lowest BCUT2D eigenvalue weighted by molar-refractivity contribution is 0.0697. The van der Waals surface area contributed by atoms with Crippen LogP contribution in [0, 0.1) is 0 Å². The fourth-order valence-corrected chi connectivity index (χ4v) is 2.94. The Bertz CT molecular complexity index is 1030. The lowest BCUT2D eigenvalue weighted by Gasteiger charge is -2.07. The van der Waals surface area contributed by atoms with Crippen LogP contribution in [0.25, 0.3) is 23.3 Å². The van der Waals surface area contributed by atoms with Crippen molar-refractivity contribution in [1.29, 1.82) is 0 Å². The number of hydrogen-bond donors (Lipinski definition) is 1. The van der Waals surface area contributed by atoms with Crippen LogP contribution in [-0.4, -0.2) is 25.8 Å². The van der Waals surface area contributed by atoms with Gasteiger partial charge in [-0.2, -0.15) is 5.10 Å². The molecule has 0 aliphatic rings. The largest absolute Gasteiger partial charge is 0.478 e. The van der Waals surface area contributed by atoms with Crippen molar-refractivity contribution in [2.24, 2.45) is 0 Å². The summed E-state index contributed by atoms with van der Waals surface area (Å²) in [5, 5.41) is 13.8. The molecule has 29 heavy (non-hydrogen) atoms. The average molecular weight is 387 g/mol. The van der Waals surface area contributed by atoms with E-state index in [4.69, 9.17) is 0 Å². The Morgan fingerprint density at radius 2 is 1.72 bits per heavy atom. The fourth-order valence-electron chi connectivity index (χ4n) is 2.94. The normalized spacial score (nSPS) is 11.5. The number of hydrogen-bond acceptors (Lipinski definition) is 3. The molecular weight excluding hydrogens is 362 g/mol. The minimum atomic E-state index is -0.921. The summed E-state index contributed by atoms with van der Waals surface area (Å²) in [4.78, 5) is 15.8. The van der Waals surface area contributed by atoms with E-state index in [9.17, 15) is 9.90 Å². The highest BCUT2D eigenvalue weighted by Gasteiger charge is 2.08. The molecule has 0 atom stereocenters. The van der Waals surface area contributed by atoms with Gasteiger partial charge < -0.3 is 5.11 Å². The summed E-state index contributed by atoms with van der Waals surface area (Å²) < 4.78 is 1.90. The van der Waals surface area contributed by atoms with E-state index in [1.807, 2.05) is 53.2 Å². The van der Waals surface area contributed by atoms with Crippen molar-refractivity contribution < 1.29 is 9.90 Å². The number of carboxylic acid groups (broad SMARTS) is 1. The predicted molar refractivity (Wildman–Crippen MR) is 117 cm³/mol. The molecule has 0 aliphatic heterocycles. The second-order valence-corrected chi connectivity index (χ2v) is 6.69. The topological polar surface area (TPSA) is 68.0 Å². The minimum absolute atomic E-state index is 0.286. The second kappa shape index (κ2) is 9.64. The van der Waals surface area contributed by atoms with E-state index in [2.05, 4.69) is 30.0 Å². The third kappa shape index (κ3) is 5.29. The number of carbonyl (C=O) groups is 1. The molecule has 0 bridgehead atoms. The monoisotopic (exact) mass is 387 g/mol. The molecule has 0 amide bonds. The van der Waals surface area contributed by atoms with Gasteiger partial charge >= 0.3 is 5.97 Å². The van der Waals surface area contributed by atoms with E-state index in [0.717, 1.165) is 35.4 Å². The number of aromatic nitrogens is 3. The van der Waals surface area contributed by atoms with Crippen LogP contribution in [0.1, 0.15) is 54.3 Å². The number of allylic oxidation sites excluding steroid dienone is 2. The van der Waals surface area contributed by atoms with Crippen molar-refractivity contribution >= 4 is 18.1 Å². The molecule has 148 valence electrons. The van der Waals surface area contributed by atoms with Crippen LogP contribution in [0.5, 0.6) is 0 Å². The Balaban J connectivity index is 1.83. The van der Waals surface area contributed by atoms with Crippen LogP contribution in [-0.2, 0) is 6.54 Å². The lowest BCUT2D eigenvalue weighted by Crippen LogP contribution is -2.04. The minimum Gasteiger partial charge on any atom is -0.478 e. The Kier molecular flexibility index (Phi) is 6.74. The first-order valence-corrected chi connectivity index (χ1v) is 9.81. The van der Waals surface area contributed by atoms with Gasteiger partial charge in [-0.15, -0.1) is 0 Å². The molecule has 3 rings (SSSR count). The van der Waals surface area contributed by atoms with Gasteiger partial charge in [0.05, 0.1) is 12.1 Å². The summed E-state index contributed by atoms with van der Waals surface area (Å²) in [5.74, 6) is 0.626. The zero-order chi connectivity index (χ0) is 20.6. The first kappa shape index (κ1) is 20.3. The van der Waals surface area contributed by atoms with Crippen LogP contribution in [0.15, 0.2) is 60.7 Å². The quantitative estimate of drug-likeness (QED) is 0.551. The molecule has 1 aromatic heterocycles. The highest BCUT2D eigenvalue weighted by Crippen LogP contribution is 2.21. The van der Waals surface area contributed by atoms with Crippen molar-refractivity contribution in [2.75, 3.05) is 0 Å². The molecule has 1 N–H and O–H groups in total. The summed E-state index contributed by atoms with van der Waals surface area (Å²) in [7, 11) is 0. The smallest absolute Gasteiger partial charge is 0.335 e. The van der Waals surface area contributed by atoms with Gasteiger partial charge in [0.15, 0.2) is 11.6 Å². The molecular formula is C24H25N3O2. The van der Waals surface area contributed by atoms with E-state index in [-0.39, 0.29) is 5.56 Å². The Morgan fingerprint density at radius 1 is 1.00 bits per heavy atom. The summed E-state index contributed by atoms with van der Waals surface area (Å²) >= 11 is 0. The van der Waals surface area contributed by atoms with Crippen molar-refractivity contribution in [1.82, 2.24) is 14.8 Å². The maximum absolute atomic E-state index is 11.2. The highest BCUT2D eigenvalue weighted by atomic mass is 16.4. The number of benzene rings is 2. The van der Waals surface area contributed by atoms with Crippen molar-refractivity contribution in [3.05, 3.63) is 83.5 Å². The van der Waals surface area contributed by atoms with E-state index in [0.29, 0.717) is 12.4 Å². The molecule has 2 aromatic carbocycles. The maximum Gasteiger partial charge on any atom is 0.335 e. The van der Waals surface area contributed by atoms with E-state index in [1.165, 1.54) is 0 Å². The van der Waals surface area contributed by atoms with Crippen LogP contribution < -0.4 is 0 Å². The van der Waals surface area contributed by atoms with Crippen molar-refractivity contribution in [3.8, 4) is 11.1 Å². The third-order valence-corrected chi connectivity index (χ3v) is 4.45. The van der Waals surface area contributed by atoms with E-state index >= 15 is 0 Å². The zero-order valence-electron chi connectivity index (χ0n) is 16.7. The molecule has 0 unspecified atom stereocenters. The first-order valence-electron chi connectivity index (χ1n) is 9.81. The van der Waals surface area contributed by atoms with Gasteiger partial charge in [0.2, 0.25) is 0 Å². The zero-order valence-corrected chi connectivity index (χ0v) is 16.7. The predicted octanol–water partition coefficient (Wildman–Crippen LogP) is 5.54. The van der Waals surface area contributed by atoms with Gasteiger partial charge in [0.1, 0.15) is 0 Å². The fraction of sp³-hybridized carbons (Fsp3) is 0.208. The van der Waals surface area contributed by atoms with Gasteiger partial charge in [-0.3, -0.25) is 0 Å². The Hall–Kier alpha value is -3.47. The van der Waals surface area contributed by atoms with E-state index in [1.54, 1.807) is 18.2 Å². The summed E-state index contributed by atoms with van der Waals surface area (Å²) in [6.07, 6.45) is 9.95. The average Bonchev–Trinajstić information content (AvgIpc) is 3.12. The molecule has 3 aromatic rings. The maximum atomic E-state index is 11.2. The first-order chi connectivity index (χ1) is 14.1. The van der Waals surface area contributed by atoms with Gasteiger partial charge in [-0.05, 0) is 53.8 Å². The Labute approximate surface area is 171 Å². The summed E-state index contributed by atoms with van der Waals surface area (Å²) in [6.45, 7) is 4.79. The van der Waals surface area contributed by atoms with Gasteiger partial charge in [0.25, 0.3) is 0 Å². The summed E-state index contributed by atoms with van der Waals surface area (Å²) in [6, 6.07) is 15.1. The molecule has 1 heterocycles. The molecule has 0 aliphatic carbocycles. The molecule has 0 saturated heterocycles. The molecule has 5 nitrogen and oxygen atoms in total. The third-order valence-electron chi connectivity index (χ3n) is 4.45.